The molecule has 82 valence electrons. The molecule has 1 amide bonds. The van der Waals surface area contributed by atoms with Gasteiger partial charge in [0, 0.05) is 12.6 Å². The van der Waals surface area contributed by atoms with Crippen LogP contribution in [0.1, 0.15) is 20.3 Å². The van der Waals surface area contributed by atoms with Gasteiger partial charge in [-0.25, -0.2) is 0 Å². The van der Waals surface area contributed by atoms with Crippen molar-refractivity contribution in [1.29, 1.82) is 0 Å². The Labute approximate surface area is 91.6 Å². The highest BCUT2D eigenvalue weighted by molar-refractivity contribution is 7.81. The molecule has 0 spiro atoms. The zero-order valence-electron chi connectivity index (χ0n) is 9.16. The first-order valence-electron chi connectivity index (χ1n) is 5.17. The Balaban J connectivity index is 2.41. The summed E-state index contributed by atoms with van der Waals surface area (Å²) in [4.78, 5) is 13.7. The predicted octanol–water partition coefficient (Wildman–Crippen LogP) is 0.761. The first-order valence-corrected chi connectivity index (χ1v) is 5.69. The summed E-state index contributed by atoms with van der Waals surface area (Å²) in [6.45, 7) is 6.12. The van der Waals surface area contributed by atoms with Crippen molar-refractivity contribution in [2.45, 2.75) is 31.6 Å². The Morgan fingerprint density at radius 1 is 1.64 bits per heavy atom. The van der Waals surface area contributed by atoms with Gasteiger partial charge in [0.15, 0.2) is 0 Å². The van der Waals surface area contributed by atoms with Gasteiger partial charge in [0.1, 0.15) is 0 Å². The van der Waals surface area contributed by atoms with Crippen molar-refractivity contribution in [3.8, 4) is 0 Å². The van der Waals surface area contributed by atoms with Gasteiger partial charge in [0.2, 0.25) is 5.91 Å². The number of likely N-dealkylation sites (tertiary alicyclic amines) is 1. The molecule has 1 fully saturated rings. The lowest BCUT2D eigenvalue weighted by atomic mass is 9.94. The summed E-state index contributed by atoms with van der Waals surface area (Å²) in [5.74, 6) is 0.583. The third-order valence-electron chi connectivity index (χ3n) is 2.82. The van der Waals surface area contributed by atoms with Crippen molar-refractivity contribution in [2.24, 2.45) is 5.92 Å². The Morgan fingerprint density at radius 2 is 2.29 bits per heavy atom. The van der Waals surface area contributed by atoms with E-state index in [1.807, 2.05) is 0 Å². The summed E-state index contributed by atoms with van der Waals surface area (Å²) in [7, 11) is 2.12. The second kappa shape index (κ2) is 5.03. The van der Waals surface area contributed by atoms with Crippen molar-refractivity contribution in [1.82, 2.24) is 10.2 Å². The molecule has 0 saturated carbocycles. The number of piperidine rings is 1. The molecule has 3 nitrogen and oxygen atoms in total. The largest absolute Gasteiger partial charge is 0.352 e. The number of thiol groups is 1. The van der Waals surface area contributed by atoms with Crippen LogP contribution in [0.2, 0.25) is 0 Å². The van der Waals surface area contributed by atoms with Crippen LogP contribution in [0.5, 0.6) is 0 Å². The normalized spacial score (nSPS) is 31.1. The highest BCUT2D eigenvalue weighted by Crippen LogP contribution is 2.15. The van der Waals surface area contributed by atoms with Crippen molar-refractivity contribution < 1.29 is 4.79 Å². The first kappa shape index (κ1) is 11.9. The molecule has 1 rings (SSSR count). The van der Waals surface area contributed by atoms with Crippen molar-refractivity contribution in [2.75, 3.05) is 20.1 Å². The molecule has 0 aromatic rings. The topological polar surface area (TPSA) is 32.3 Å². The molecule has 0 aromatic heterocycles. The average molecular weight is 216 g/mol. The molecule has 1 aliphatic rings. The average Bonchev–Trinajstić information content (AvgIpc) is 2.09. The van der Waals surface area contributed by atoms with Crippen molar-refractivity contribution in [3.63, 3.8) is 0 Å². The van der Waals surface area contributed by atoms with E-state index in [9.17, 15) is 4.79 Å². The van der Waals surface area contributed by atoms with E-state index in [1.54, 1.807) is 6.92 Å². The van der Waals surface area contributed by atoms with E-state index < -0.39 is 0 Å². The Bertz CT molecular complexity index is 208. The van der Waals surface area contributed by atoms with E-state index in [1.165, 1.54) is 0 Å². The van der Waals surface area contributed by atoms with E-state index in [0.29, 0.717) is 12.0 Å². The van der Waals surface area contributed by atoms with Gasteiger partial charge in [-0.3, -0.25) is 4.79 Å². The van der Waals surface area contributed by atoms with E-state index in [2.05, 4.69) is 36.8 Å². The lowest BCUT2D eigenvalue weighted by molar-refractivity contribution is -0.121. The zero-order chi connectivity index (χ0) is 10.7. The Kier molecular flexibility index (Phi) is 4.26. The summed E-state index contributed by atoms with van der Waals surface area (Å²) >= 11 is 4.12. The zero-order valence-corrected chi connectivity index (χ0v) is 10.1. The fourth-order valence-electron chi connectivity index (χ4n) is 1.87. The number of carbonyl (C=O) groups is 1. The van der Waals surface area contributed by atoms with Crippen LogP contribution in [0.3, 0.4) is 0 Å². The van der Waals surface area contributed by atoms with Crippen molar-refractivity contribution in [3.05, 3.63) is 0 Å². The summed E-state index contributed by atoms with van der Waals surface area (Å²) in [5.41, 5.74) is 0. The molecule has 0 radical (unpaired) electrons. The molecule has 4 heteroatoms. The molecule has 1 saturated heterocycles. The summed E-state index contributed by atoms with van der Waals surface area (Å²) < 4.78 is 0. The summed E-state index contributed by atoms with van der Waals surface area (Å²) in [6, 6.07) is 0.327. The third kappa shape index (κ3) is 3.17. The van der Waals surface area contributed by atoms with E-state index in [0.717, 1.165) is 19.5 Å². The number of carbonyl (C=O) groups excluding carboxylic acids is 1. The molecular formula is C10H20N2OS. The number of amides is 1. The monoisotopic (exact) mass is 216 g/mol. The highest BCUT2D eigenvalue weighted by atomic mass is 32.1. The molecule has 1 heterocycles. The molecule has 1 aliphatic heterocycles. The smallest absolute Gasteiger partial charge is 0.232 e. The van der Waals surface area contributed by atoms with Gasteiger partial charge in [-0.1, -0.05) is 6.92 Å². The van der Waals surface area contributed by atoms with Crippen LogP contribution < -0.4 is 5.32 Å². The third-order valence-corrected chi connectivity index (χ3v) is 3.05. The maximum Gasteiger partial charge on any atom is 0.232 e. The van der Waals surface area contributed by atoms with Crippen LogP contribution in [0.4, 0.5) is 0 Å². The summed E-state index contributed by atoms with van der Waals surface area (Å²) in [5, 5.41) is 2.84. The Morgan fingerprint density at radius 3 is 2.79 bits per heavy atom. The predicted molar refractivity (Wildman–Crippen MR) is 61.7 cm³/mol. The van der Waals surface area contributed by atoms with Crippen LogP contribution >= 0.6 is 12.6 Å². The second-order valence-corrected chi connectivity index (χ2v) is 5.09. The molecule has 14 heavy (non-hydrogen) atoms. The van der Waals surface area contributed by atoms with Gasteiger partial charge in [-0.05, 0) is 32.9 Å². The molecular weight excluding hydrogens is 196 g/mol. The lowest BCUT2D eigenvalue weighted by Crippen LogP contribution is -2.50. The van der Waals surface area contributed by atoms with Crippen LogP contribution in [0, 0.1) is 5.92 Å². The number of nitrogens with zero attached hydrogens (tertiary/aromatic N) is 1. The minimum absolute atomic E-state index is 0.0507. The molecule has 3 unspecified atom stereocenters. The standard InChI is InChI=1S/C10H20N2OS/c1-7-6-12(3)5-4-9(7)11-10(13)8(2)14/h7-9,14H,4-6H2,1-3H3,(H,11,13). The first-order chi connectivity index (χ1) is 6.50. The van der Waals surface area contributed by atoms with E-state index >= 15 is 0 Å². The number of nitrogens with one attached hydrogen (secondary N) is 1. The minimum atomic E-state index is -0.207. The maximum absolute atomic E-state index is 11.4. The number of rotatable bonds is 2. The Hall–Kier alpha value is -0.220. The van der Waals surface area contributed by atoms with E-state index in [-0.39, 0.29) is 11.2 Å². The van der Waals surface area contributed by atoms with Crippen LogP contribution in [-0.4, -0.2) is 42.2 Å². The van der Waals surface area contributed by atoms with Gasteiger partial charge in [0.25, 0.3) is 0 Å². The number of hydrogen-bond donors (Lipinski definition) is 2. The van der Waals surface area contributed by atoms with Crippen molar-refractivity contribution >= 4 is 18.5 Å². The van der Waals surface area contributed by atoms with Gasteiger partial charge >= 0.3 is 0 Å². The van der Waals surface area contributed by atoms with Gasteiger partial charge < -0.3 is 10.2 Å². The van der Waals surface area contributed by atoms with Gasteiger partial charge in [-0.2, -0.15) is 12.6 Å². The van der Waals surface area contributed by atoms with Crippen LogP contribution in [0.15, 0.2) is 0 Å². The van der Waals surface area contributed by atoms with E-state index in [4.69, 9.17) is 0 Å². The highest BCUT2D eigenvalue weighted by Gasteiger charge is 2.25. The molecule has 0 bridgehead atoms. The number of hydrogen-bond acceptors (Lipinski definition) is 3. The molecule has 3 atom stereocenters. The molecule has 0 aromatic carbocycles. The van der Waals surface area contributed by atoms with Gasteiger partial charge in [0.05, 0.1) is 5.25 Å². The lowest BCUT2D eigenvalue weighted by Gasteiger charge is -2.35. The SMILES string of the molecule is CC(S)C(=O)NC1CCN(C)CC1C. The molecule has 1 N–H and O–H groups in total. The molecule has 0 aliphatic carbocycles. The van der Waals surface area contributed by atoms with Gasteiger partial charge in [-0.15, -0.1) is 0 Å². The van der Waals surface area contributed by atoms with Crippen LogP contribution in [-0.2, 0) is 4.79 Å². The maximum atomic E-state index is 11.4. The fourth-order valence-corrected chi connectivity index (χ4v) is 1.95. The summed E-state index contributed by atoms with van der Waals surface area (Å²) in [6.07, 6.45) is 1.05. The quantitative estimate of drug-likeness (QED) is 0.668. The second-order valence-electron chi connectivity index (χ2n) is 4.32. The minimum Gasteiger partial charge on any atom is -0.352 e. The van der Waals surface area contributed by atoms with Crippen LogP contribution in [0.25, 0.3) is 0 Å². The fraction of sp³-hybridized carbons (Fsp3) is 0.900.